The minimum Gasteiger partial charge on any atom is -0.491 e. The van der Waals surface area contributed by atoms with Gasteiger partial charge < -0.3 is 15.7 Å². The number of para-hydroxylation sites is 1. The molecule has 0 atom stereocenters. The lowest BCUT2D eigenvalue weighted by Crippen LogP contribution is -2.11. The molecule has 0 bridgehead atoms. The highest BCUT2D eigenvalue weighted by Crippen LogP contribution is 2.24. The molecule has 2 rings (SSSR count). The van der Waals surface area contributed by atoms with Crippen LogP contribution in [0.3, 0.4) is 0 Å². The highest BCUT2D eigenvalue weighted by atomic mass is 16.5. The minimum atomic E-state index is 0.257. The lowest BCUT2D eigenvalue weighted by molar-refractivity contribution is 0.307. The molecule has 0 saturated carbocycles. The molecule has 1 heterocycles. The van der Waals surface area contributed by atoms with Gasteiger partial charge in [-0.2, -0.15) is 0 Å². The number of ether oxygens (including phenoxy) is 1. The van der Waals surface area contributed by atoms with Crippen molar-refractivity contribution in [3.63, 3.8) is 0 Å². The lowest BCUT2D eigenvalue weighted by Gasteiger charge is -2.09. The van der Waals surface area contributed by atoms with E-state index in [1.165, 1.54) is 0 Å². The summed E-state index contributed by atoms with van der Waals surface area (Å²) in [4.78, 5) is 4.52. The Labute approximate surface area is 118 Å². The Bertz CT molecular complexity index is 611. The summed E-state index contributed by atoms with van der Waals surface area (Å²) in [6.07, 6.45) is 2.25. The van der Waals surface area contributed by atoms with Crippen LogP contribution >= 0.6 is 0 Å². The third kappa shape index (κ3) is 3.60. The van der Waals surface area contributed by atoms with Crippen molar-refractivity contribution in [2.45, 2.75) is 26.2 Å². The highest BCUT2D eigenvalue weighted by molar-refractivity contribution is 5.84. The lowest BCUT2D eigenvalue weighted by atomic mass is 10.2. The van der Waals surface area contributed by atoms with Gasteiger partial charge in [-0.25, -0.2) is 4.98 Å². The van der Waals surface area contributed by atoms with Crippen LogP contribution in [0.25, 0.3) is 10.9 Å². The zero-order valence-electron chi connectivity index (χ0n) is 11.5. The molecule has 0 aliphatic heterocycles. The number of rotatable bonds is 6. The van der Waals surface area contributed by atoms with E-state index in [4.69, 9.17) is 15.7 Å². The van der Waals surface area contributed by atoms with Gasteiger partial charge in [-0.15, -0.1) is 0 Å². The molecule has 5 heteroatoms. The van der Waals surface area contributed by atoms with Gasteiger partial charge >= 0.3 is 0 Å². The summed E-state index contributed by atoms with van der Waals surface area (Å²) in [7, 11) is 0. The van der Waals surface area contributed by atoms with Crippen LogP contribution in [0.2, 0.25) is 0 Å². The van der Waals surface area contributed by atoms with Crippen molar-refractivity contribution in [1.82, 2.24) is 4.98 Å². The second-order valence-electron chi connectivity index (χ2n) is 4.68. The maximum Gasteiger partial charge on any atom is 0.145 e. The monoisotopic (exact) mass is 273 g/mol. The van der Waals surface area contributed by atoms with E-state index in [1.807, 2.05) is 37.3 Å². The van der Waals surface area contributed by atoms with Crippen molar-refractivity contribution < 1.29 is 9.94 Å². The fraction of sp³-hybridized carbons (Fsp3) is 0.333. The molecule has 2 aromatic rings. The minimum absolute atomic E-state index is 0.257. The molecule has 0 amide bonds. The predicted octanol–water partition coefficient (Wildman–Crippen LogP) is 2.84. The molecule has 1 aromatic heterocycles. The van der Waals surface area contributed by atoms with Crippen LogP contribution in [0, 0.1) is 6.92 Å². The van der Waals surface area contributed by atoms with Gasteiger partial charge in [-0.05, 0) is 31.9 Å². The fourth-order valence-corrected chi connectivity index (χ4v) is 1.97. The largest absolute Gasteiger partial charge is 0.491 e. The number of oxime groups is 1. The van der Waals surface area contributed by atoms with Gasteiger partial charge in [0.2, 0.25) is 0 Å². The summed E-state index contributed by atoms with van der Waals surface area (Å²) in [5.41, 5.74) is 7.27. The SMILES string of the molecule is Cc1ccc2cccc(OCCCCC(N)=NO)c2n1. The Morgan fingerprint density at radius 1 is 1.30 bits per heavy atom. The Hall–Kier alpha value is -2.30. The maximum atomic E-state index is 8.44. The summed E-state index contributed by atoms with van der Waals surface area (Å²) in [5, 5.41) is 12.4. The number of hydrogen-bond acceptors (Lipinski definition) is 4. The zero-order valence-corrected chi connectivity index (χ0v) is 11.5. The number of nitrogens with zero attached hydrogens (tertiary/aromatic N) is 2. The van der Waals surface area contributed by atoms with Crippen LogP contribution in [0.4, 0.5) is 0 Å². The molecular weight excluding hydrogens is 254 g/mol. The number of pyridine rings is 1. The van der Waals surface area contributed by atoms with E-state index in [0.717, 1.165) is 35.2 Å². The molecule has 1 aromatic carbocycles. The second-order valence-corrected chi connectivity index (χ2v) is 4.68. The Balaban J connectivity index is 1.95. The molecule has 106 valence electrons. The number of amidine groups is 1. The molecule has 0 fully saturated rings. The van der Waals surface area contributed by atoms with E-state index >= 15 is 0 Å². The first-order valence-corrected chi connectivity index (χ1v) is 6.66. The Kier molecular flexibility index (Phi) is 4.76. The number of aromatic nitrogens is 1. The molecule has 0 unspecified atom stereocenters. The van der Waals surface area contributed by atoms with Crippen LogP contribution in [-0.4, -0.2) is 22.6 Å². The van der Waals surface area contributed by atoms with Crippen molar-refractivity contribution in [3.8, 4) is 5.75 Å². The van der Waals surface area contributed by atoms with Crippen molar-refractivity contribution in [2.75, 3.05) is 6.61 Å². The van der Waals surface area contributed by atoms with Crippen molar-refractivity contribution in [3.05, 3.63) is 36.0 Å². The van der Waals surface area contributed by atoms with Crippen LogP contribution in [0.1, 0.15) is 25.0 Å². The third-order valence-electron chi connectivity index (χ3n) is 3.04. The summed E-state index contributed by atoms with van der Waals surface area (Å²) in [6, 6.07) is 9.95. The molecule has 5 nitrogen and oxygen atoms in total. The van der Waals surface area contributed by atoms with Crippen molar-refractivity contribution in [1.29, 1.82) is 0 Å². The highest BCUT2D eigenvalue weighted by Gasteiger charge is 2.03. The average Bonchev–Trinajstić information content (AvgIpc) is 2.46. The summed E-state index contributed by atoms with van der Waals surface area (Å²) >= 11 is 0. The van der Waals surface area contributed by atoms with E-state index in [9.17, 15) is 0 Å². The van der Waals surface area contributed by atoms with Crippen LogP contribution in [0.15, 0.2) is 35.5 Å². The van der Waals surface area contributed by atoms with E-state index in [1.54, 1.807) is 0 Å². The molecule has 20 heavy (non-hydrogen) atoms. The average molecular weight is 273 g/mol. The molecule has 0 saturated heterocycles. The van der Waals surface area contributed by atoms with Crippen LogP contribution in [-0.2, 0) is 0 Å². The number of nitrogens with two attached hydrogens (primary N) is 1. The van der Waals surface area contributed by atoms with E-state index in [-0.39, 0.29) is 5.84 Å². The summed E-state index contributed by atoms with van der Waals surface area (Å²) in [6.45, 7) is 2.56. The first kappa shape index (κ1) is 14.1. The van der Waals surface area contributed by atoms with Gasteiger partial charge in [0.1, 0.15) is 17.1 Å². The fourth-order valence-electron chi connectivity index (χ4n) is 1.97. The predicted molar refractivity (Wildman–Crippen MR) is 79.2 cm³/mol. The van der Waals surface area contributed by atoms with Gasteiger partial charge in [-0.1, -0.05) is 23.4 Å². The van der Waals surface area contributed by atoms with E-state index in [0.29, 0.717) is 13.0 Å². The number of unbranched alkanes of at least 4 members (excludes halogenated alkanes) is 1. The maximum absolute atomic E-state index is 8.44. The van der Waals surface area contributed by atoms with Gasteiger partial charge in [-0.3, -0.25) is 0 Å². The van der Waals surface area contributed by atoms with Crippen LogP contribution < -0.4 is 10.5 Å². The third-order valence-corrected chi connectivity index (χ3v) is 3.04. The molecule has 0 aliphatic carbocycles. The normalized spacial score (nSPS) is 11.8. The van der Waals surface area contributed by atoms with E-state index in [2.05, 4.69) is 10.1 Å². The number of fused-ring (bicyclic) bond motifs is 1. The second kappa shape index (κ2) is 6.75. The van der Waals surface area contributed by atoms with Gasteiger partial charge in [0.15, 0.2) is 0 Å². The quantitative estimate of drug-likeness (QED) is 0.279. The Morgan fingerprint density at radius 2 is 2.15 bits per heavy atom. The van der Waals surface area contributed by atoms with Crippen molar-refractivity contribution >= 4 is 16.7 Å². The molecule has 0 radical (unpaired) electrons. The molecule has 3 N–H and O–H groups in total. The van der Waals surface area contributed by atoms with Crippen LogP contribution in [0.5, 0.6) is 5.75 Å². The summed E-state index contributed by atoms with van der Waals surface area (Å²) < 4.78 is 5.78. The first-order chi connectivity index (χ1) is 9.70. The number of aryl methyl sites for hydroxylation is 1. The molecule has 0 spiro atoms. The first-order valence-electron chi connectivity index (χ1n) is 6.66. The summed E-state index contributed by atoms with van der Waals surface area (Å²) in [5.74, 6) is 1.06. The zero-order chi connectivity index (χ0) is 14.4. The number of benzene rings is 1. The standard InChI is InChI=1S/C15H19N3O2/c1-11-8-9-12-5-4-6-13(15(12)17-11)20-10-3-2-7-14(16)18-19/h4-6,8-9,19H,2-3,7,10H2,1H3,(H2,16,18). The van der Waals surface area contributed by atoms with Gasteiger partial charge in [0, 0.05) is 17.5 Å². The molecule has 0 aliphatic rings. The topological polar surface area (TPSA) is 80.7 Å². The Morgan fingerprint density at radius 3 is 2.95 bits per heavy atom. The van der Waals surface area contributed by atoms with Gasteiger partial charge in [0.05, 0.1) is 6.61 Å². The number of hydrogen-bond donors (Lipinski definition) is 2. The van der Waals surface area contributed by atoms with E-state index < -0.39 is 0 Å². The van der Waals surface area contributed by atoms with Crippen molar-refractivity contribution in [2.24, 2.45) is 10.9 Å². The van der Waals surface area contributed by atoms with Gasteiger partial charge in [0.25, 0.3) is 0 Å². The smallest absolute Gasteiger partial charge is 0.145 e. The molecular formula is C15H19N3O2.